The lowest BCUT2D eigenvalue weighted by Gasteiger charge is -2.37. The van der Waals surface area contributed by atoms with E-state index in [9.17, 15) is 8.42 Å². The van der Waals surface area contributed by atoms with Gasteiger partial charge in [0.05, 0.1) is 15.6 Å². The van der Waals surface area contributed by atoms with Crippen LogP contribution in [0.3, 0.4) is 0 Å². The highest BCUT2D eigenvalue weighted by atomic mass is 32.2. The van der Waals surface area contributed by atoms with Crippen molar-refractivity contribution in [3.63, 3.8) is 0 Å². The third kappa shape index (κ3) is 3.06. The molecule has 1 aromatic heterocycles. The minimum atomic E-state index is -3.19. The van der Waals surface area contributed by atoms with E-state index in [1.54, 1.807) is 23.5 Å². The average molecular weight is 322 g/mol. The molecule has 0 aliphatic carbocycles. The molecule has 0 radical (unpaired) electrons. The van der Waals surface area contributed by atoms with Gasteiger partial charge in [0.2, 0.25) is 0 Å². The first-order chi connectivity index (χ1) is 10.1. The number of hydrogen-bond acceptors (Lipinski definition) is 5. The fourth-order valence-corrected chi connectivity index (χ4v) is 4.34. The van der Waals surface area contributed by atoms with Crippen molar-refractivity contribution in [2.75, 3.05) is 42.2 Å². The van der Waals surface area contributed by atoms with E-state index in [1.807, 2.05) is 12.1 Å². The first kappa shape index (κ1) is 14.4. The van der Waals surface area contributed by atoms with Crippen molar-refractivity contribution >= 4 is 31.9 Å². The number of sulfone groups is 1. The number of nitrogens with zero attached hydrogens (tertiary/aromatic N) is 2. The smallest absolute Gasteiger partial charge is 0.177 e. The van der Waals surface area contributed by atoms with Crippen LogP contribution in [0.25, 0.3) is 0 Å². The molecule has 1 aliphatic rings. The lowest BCUT2D eigenvalue weighted by molar-refractivity contribution is 0.599. The van der Waals surface area contributed by atoms with Gasteiger partial charge in [-0.05, 0) is 29.6 Å². The van der Waals surface area contributed by atoms with Crippen LogP contribution in [-0.2, 0) is 9.84 Å². The van der Waals surface area contributed by atoms with Gasteiger partial charge in [0.1, 0.15) is 0 Å². The average Bonchev–Trinajstić information content (AvgIpc) is 3.01. The monoisotopic (exact) mass is 322 g/mol. The molecule has 1 aliphatic heterocycles. The van der Waals surface area contributed by atoms with Crippen molar-refractivity contribution in [2.24, 2.45) is 0 Å². The summed E-state index contributed by atoms with van der Waals surface area (Å²) in [4.78, 5) is 4.94. The lowest BCUT2D eigenvalue weighted by Crippen LogP contribution is -2.46. The highest BCUT2D eigenvalue weighted by Gasteiger charge is 2.22. The topological polar surface area (TPSA) is 40.6 Å². The summed E-state index contributed by atoms with van der Waals surface area (Å²) in [6.45, 7) is 3.51. The highest BCUT2D eigenvalue weighted by molar-refractivity contribution is 7.90. The van der Waals surface area contributed by atoms with Gasteiger partial charge in [0.15, 0.2) is 9.84 Å². The Labute approximate surface area is 129 Å². The number of hydrogen-bond donors (Lipinski definition) is 0. The van der Waals surface area contributed by atoms with Crippen LogP contribution in [0.4, 0.5) is 10.7 Å². The van der Waals surface area contributed by atoms with Crippen LogP contribution in [0.5, 0.6) is 0 Å². The van der Waals surface area contributed by atoms with E-state index in [1.165, 1.54) is 11.3 Å². The number of benzene rings is 1. The van der Waals surface area contributed by atoms with Crippen LogP contribution in [0.15, 0.2) is 46.7 Å². The summed E-state index contributed by atoms with van der Waals surface area (Å²) in [6.07, 6.45) is 1.27. The van der Waals surface area contributed by atoms with E-state index in [4.69, 9.17) is 0 Å². The normalized spacial score (nSPS) is 16.2. The molecule has 0 N–H and O–H groups in total. The summed E-state index contributed by atoms with van der Waals surface area (Å²) in [6, 6.07) is 11.5. The van der Waals surface area contributed by atoms with Gasteiger partial charge in [-0.2, -0.15) is 0 Å². The Balaban J connectivity index is 1.79. The maximum atomic E-state index is 11.9. The molecule has 1 aromatic carbocycles. The second-order valence-electron chi connectivity index (χ2n) is 5.17. The van der Waals surface area contributed by atoms with Crippen molar-refractivity contribution < 1.29 is 8.42 Å². The van der Waals surface area contributed by atoms with Gasteiger partial charge in [0, 0.05) is 32.4 Å². The zero-order valence-electron chi connectivity index (χ0n) is 11.9. The molecule has 0 atom stereocenters. The fraction of sp³-hybridized carbons (Fsp3) is 0.333. The minimum Gasteiger partial charge on any atom is -0.367 e. The summed E-state index contributed by atoms with van der Waals surface area (Å²) in [7, 11) is -3.19. The number of anilines is 2. The Hall–Kier alpha value is -1.53. The SMILES string of the molecule is CS(=O)(=O)c1ccccc1N1CCN(c2cccs2)CC1. The standard InChI is InChI=1S/C15H18N2O2S2/c1-21(18,19)14-6-3-2-5-13(14)16-8-10-17(11-9-16)15-7-4-12-20-15/h2-7,12H,8-11H2,1H3. The van der Waals surface area contributed by atoms with Crippen LogP contribution in [-0.4, -0.2) is 40.9 Å². The summed E-state index contributed by atoms with van der Waals surface area (Å²) >= 11 is 1.75. The van der Waals surface area contributed by atoms with Crippen LogP contribution in [0.1, 0.15) is 0 Å². The molecule has 0 saturated carbocycles. The number of rotatable bonds is 3. The molecule has 0 spiro atoms. The predicted octanol–water partition coefficient (Wildman–Crippen LogP) is 2.48. The number of para-hydroxylation sites is 1. The van der Waals surface area contributed by atoms with Crippen molar-refractivity contribution in [3.8, 4) is 0 Å². The van der Waals surface area contributed by atoms with Crippen molar-refractivity contribution in [1.29, 1.82) is 0 Å². The van der Waals surface area contributed by atoms with Gasteiger partial charge in [-0.1, -0.05) is 12.1 Å². The van der Waals surface area contributed by atoms with Crippen LogP contribution in [0, 0.1) is 0 Å². The summed E-state index contributed by atoms with van der Waals surface area (Å²) in [5, 5.41) is 3.37. The molecule has 4 nitrogen and oxygen atoms in total. The molecule has 112 valence electrons. The molecule has 21 heavy (non-hydrogen) atoms. The minimum absolute atomic E-state index is 0.426. The highest BCUT2D eigenvalue weighted by Crippen LogP contribution is 2.28. The maximum Gasteiger partial charge on any atom is 0.177 e. The molecule has 1 fully saturated rings. The Morgan fingerprint density at radius 2 is 1.62 bits per heavy atom. The largest absolute Gasteiger partial charge is 0.367 e. The van der Waals surface area contributed by atoms with Crippen LogP contribution < -0.4 is 9.80 Å². The first-order valence-corrected chi connectivity index (χ1v) is 9.65. The van der Waals surface area contributed by atoms with Crippen molar-refractivity contribution in [1.82, 2.24) is 0 Å². The summed E-state index contributed by atoms with van der Waals surface area (Å²) in [5.74, 6) is 0. The summed E-state index contributed by atoms with van der Waals surface area (Å²) in [5.41, 5.74) is 0.825. The Morgan fingerprint density at radius 1 is 0.952 bits per heavy atom. The molecule has 0 bridgehead atoms. The predicted molar refractivity (Wildman–Crippen MR) is 88.3 cm³/mol. The third-order valence-corrected chi connectivity index (χ3v) is 5.78. The van der Waals surface area contributed by atoms with E-state index in [0.29, 0.717) is 4.90 Å². The molecule has 2 heterocycles. The van der Waals surface area contributed by atoms with Crippen molar-refractivity contribution in [2.45, 2.75) is 4.90 Å². The number of thiophene rings is 1. The number of piperazine rings is 1. The molecular formula is C15H18N2O2S2. The van der Waals surface area contributed by atoms with E-state index in [2.05, 4.69) is 27.3 Å². The van der Waals surface area contributed by atoms with Gasteiger partial charge in [-0.25, -0.2) is 8.42 Å². The maximum absolute atomic E-state index is 11.9. The van der Waals surface area contributed by atoms with E-state index in [-0.39, 0.29) is 0 Å². The van der Waals surface area contributed by atoms with Gasteiger partial charge >= 0.3 is 0 Å². The fourth-order valence-electron chi connectivity index (χ4n) is 2.65. The van der Waals surface area contributed by atoms with Gasteiger partial charge < -0.3 is 9.80 Å². The molecule has 3 rings (SSSR count). The van der Waals surface area contributed by atoms with E-state index >= 15 is 0 Å². The van der Waals surface area contributed by atoms with Crippen LogP contribution >= 0.6 is 11.3 Å². The molecular weight excluding hydrogens is 304 g/mol. The van der Waals surface area contributed by atoms with Crippen LogP contribution in [0.2, 0.25) is 0 Å². The first-order valence-electron chi connectivity index (χ1n) is 6.88. The van der Waals surface area contributed by atoms with Crippen molar-refractivity contribution in [3.05, 3.63) is 41.8 Å². The summed E-state index contributed by atoms with van der Waals surface area (Å²) < 4.78 is 23.8. The lowest BCUT2D eigenvalue weighted by atomic mass is 10.2. The van der Waals surface area contributed by atoms with E-state index < -0.39 is 9.84 Å². The third-order valence-electron chi connectivity index (χ3n) is 3.70. The molecule has 0 amide bonds. The van der Waals surface area contributed by atoms with E-state index in [0.717, 1.165) is 31.9 Å². The second kappa shape index (κ2) is 5.69. The van der Waals surface area contributed by atoms with Gasteiger partial charge in [0.25, 0.3) is 0 Å². The van der Waals surface area contributed by atoms with Gasteiger partial charge in [-0.15, -0.1) is 11.3 Å². The zero-order valence-corrected chi connectivity index (χ0v) is 13.5. The zero-order chi connectivity index (χ0) is 14.9. The molecule has 2 aromatic rings. The van der Waals surface area contributed by atoms with Gasteiger partial charge in [-0.3, -0.25) is 0 Å². The molecule has 0 unspecified atom stereocenters. The second-order valence-corrected chi connectivity index (χ2v) is 8.08. The molecule has 6 heteroatoms. The molecule has 1 saturated heterocycles. The Bertz CT molecular complexity index is 703. The Kier molecular flexibility index (Phi) is 3.91. The quantitative estimate of drug-likeness (QED) is 0.870. The Morgan fingerprint density at radius 3 is 2.24 bits per heavy atom.